The van der Waals surface area contributed by atoms with Gasteiger partial charge in [0.05, 0.1) is 13.1 Å². The normalized spacial score (nSPS) is 11.3. The maximum Gasteiger partial charge on any atom is 0.251 e. The summed E-state index contributed by atoms with van der Waals surface area (Å²) in [5.41, 5.74) is 4.92. The van der Waals surface area contributed by atoms with Crippen molar-refractivity contribution in [3.63, 3.8) is 0 Å². The fourth-order valence-electron chi connectivity index (χ4n) is 2.94. The number of rotatable bonds is 9. The van der Waals surface area contributed by atoms with Gasteiger partial charge in [0.25, 0.3) is 6.43 Å². The van der Waals surface area contributed by atoms with Gasteiger partial charge >= 0.3 is 0 Å². The first-order chi connectivity index (χ1) is 10.8. The minimum atomic E-state index is -2.41. The minimum absolute atomic E-state index is 0.0318. The van der Waals surface area contributed by atoms with Crippen LogP contribution in [-0.4, -0.2) is 43.4 Å². The van der Waals surface area contributed by atoms with E-state index < -0.39 is 6.43 Å². The molecule has 0 aliphatic heterocycles. The SMILES string of the molecule is CCCN(CC(=O)NCCc1c(C)cc(C)cc1C)CC(F)F. The summed E-state index contributed by atoms with van der Waals surface area (Å²) in [5, 5.41) is 2.84. The minimum Gasteiger partial charge on any atom is -0.355 e. The van der Waals surface area contributed by atoms with E-state index in [1.807, 2.05) is 6.92 Å². The van der Waals surface area contributed by atoms with E-state index in [-0.39, 0.29) is 19.0 Å². The maximum atomic E-state index is 12.5. The van der Waals surface area contributed by atoms with Crippen LogP contribution < -0.4 is 5.32 Å². The average Bonchev–Trinajstić information content (AvgIpc) is 2.41. The van der Waals surface area contributed by atoms with Gasteiger partial charge in [-0.05, 0) is 56.8 Å². The number of carbonyl (C=O) groups is 1. The van der Waals surface area contributed by atoms with Crippen LogP contribution in [0.2, 0.25) is 0 Å². The van der Waals surface area contributed by atoms with Gasteiger partial charge in [-0.25, -0.2) is 8.78 Å². The Kier molecular flexibility index (Phi) is 8.17. The summed E-state index contributed by atoms with van der Waals surface area (Å²) in [5.74, 6) is -0.193. The third kappa shape index (κ3) is 7.08. The average molecular weight is 326 g/mol. The number of amides is 1. The molecule has 0 aromatic heterocycles. The lowest BCUT2D eigenvalue weighted by Crippen LogP contribution is -2.40. The summed E-state index contributed by atoms with van der Waals surface area (Å²) in [6, 6.07) is 4.27. The number of alkyl halides is 2. The molecule has 0 aliphatic carbocycles. The van der Waals surface area contributed by atoms with E-state index in [0.29, 0.717) is 13.1 Å². The van der Waals surface area contributed by atoms with Crippen LogP contribution in [0.1, 0.15) is 35.6 Å². The summed E-state index contributed by atoms with van der Waals surface area (Å²) in [4.78, 5) is 13.4. The van der Waals surface area contributed by atoms with E-state index in [0.717, 1.165) is 12.8 Å². The van der Waals surface area contributed by atoms with Gasteiger partial charge in [0.15, 0.2) is 0 Å². The molecule has 0 fully saturated rings. The van der Waals surface area contributed by atoms with Crippen LogP contribution in [0.5, 0.6) is 0 Å². The first-order valence-corrected chi connectivity index (χ1v) is 8.17. The standard InChI is InChI=1S/C18H28F2N2O/c1-5-8-22(11-17(19)20)12-18(23)21-7-6-16-14(3)9-13(2)10-15(16)4/h9-10,17H,5-8,11-12H2,1-4H3,(H,21,23). The van der Waals surface area contributed by atoms with Crippen molar-refractivity contribution in [2.45, 2.75) is 47.0 Å². The summed E-state index contributed by atoms with van der Waals surface area (Å²) < 4.78 is 25.0. The number of nitrogens with one attached hydrogen (secondary N) is 1. The van der Waals surface area contributed by atoms with Crippen molar-refractivity contribution in [3.05, 3.63) is 34.4 Å². The number of halogens is 2. The predicted molar refractivity (Wildman–Crippen MR) is 90.1 cm³/mol. The predicted octanol–water partition coefficient (Wildman–Crippen LogP) is 3.25. The molecule has 23 heavy (non-hydrogen) atoms. The summed E-state index contributed by atoms with van der Waals surface area (Å²) >= 11 is 0. The van der Waals surface area contributed by atoms with Crippen LogP contribution in [-0.2, 0) is 11.2 Å². The Bertz CT molecular complexity index is 495. The van der Waals surface area contributed by atoms with Gasteiger partial charge in [0.1, 0.15) is 0 Å². The molecule has 0 radical (unpaired) electrons. The lowest BCUT2D eigenvalue weighted by atomic mass is 9.97. The first kappa shape index (κ1) is 19.6. The molecule has 1 rings (SSSR count). The van der Waals surface area contributed by atoms with E-state index >= 15 is 0 Å². The molecule has 130 valence electrons. The van der Waals surface area contributed by atoms with E-state index in [2.05, 4.69) is 38.2 Å². The first-order valence-electron chi connectivity index (χ1n) is 8.17. The highest BCUT2D eigenvalue weighted by Crippen LogP contribution is 2.16. The fourth-order valence-corrected chi connectivity index (χ4v) is 2.94. The largest absolute Gasteiger partial charge is 0.355 e. The lowest BCUT2D eigenvalue weighted by Gasteiger charge is -2.20. The molecule has 0 saturated carbocycles. The molecule has 1 aromatic carbocycles. The molecular formula is C18H28F2N2O. The summed E-state index contributed by atoms with van der Waals surface area (Å²) in [7, 11) is 0. The molecule has 0 aliphatic rings. The molecular weight excluding hydrogens is 298 g/mol. The molecule has 5 heteroatoms. The summed E-state index contributed by atoms with van der Waals surface area (Å²) in [6.07, 6.45) is -0.902. The maximum absolute atomic E-state index is 12.5. The van der Waals surface area contributed by atoms with Crippen LogP contribution in [0, 0.1) is 20.8 Å². The van der Waals surface area contributed by atoms with E-state index in [9.17, 15) is 13.6 Å². The molecule has 3 nitrogen and oxygen atoms in total. The number of hydrogen-bond acceptors (Lipinski definition) is 2. The second-order valence-electron chi connectivity index (χ2n) is 6.10. The van der Waals surface area contributed by atoms with Gasteiger partial charge in [0.2, 0.25) is 5.91 Å². The highest BCUT2D eigenvalue weighted by atomic mass is 19.3. The van der Waals surface area contributed by atoms with Crippen LogP contribution in [0.4, 0.5) is 8.78 Å². The zero-order valence-corrected chi connectivity index (χ0v) is 14.6. The van der Waals surface area contributed by atoms with Gasteiger partial charge in [-0.15, -0.1) is 0 Å². The Hall–Kier alpha value is -1.49. The van der Waals surface area contributed by atoms with E-state index in [1.54, 1.807) is 0 Å². The molecule has 1 amide bonds. The van der Waals surface area contributed by atoms with Crippen molar-refractivity contribution in [1.82, 2.24) is 10.2 Å². The Morgan fingerprint density at radius 2 is 1.83 bits per heavy atom. The van der Waals surface area contributed by atoms with Gasteiger partial charge < -0.3 is 5.32 Å². The number of carbonyl (C=O) groups excluding carboxylic acids is 1. The zero-order chi connectivity index (χ0) is 17.4. The molecule has 0 unspecified atom stereocenters. The van der Waals surface area contributed by atoms with Crippen molar-refractivity contribution in [1.29, 1.82) is 0 Å². The third-order valence-corrected chi connectivity index (χ3v) is 3.84. The molecule has 1 N–H and O–H groups in total. The number of aryl methyl sites for hydroxylation is 3. The Balaban J connectivity index is 2.47. The zero-order valence-electron chi connectivity index (χ0n) is 14.6. The highest BCUT2D eigenvalue weighted by Gasteiger charge is 2.14. The highest BCUT2D eigenvalue weighted by molar-refractivity contribution is 5.78. The molecule has 1 aromatic rings. The smallest absolute Gasteiger partial charge is 0.251 e. The van der Waals surface area contributed by atoms with Crippen molar-refractivity contribution >= 4 is 5.91 Å². The Labute approximate surface area is 138 Å². The molecule has 0 heterocycles. The van der Waals surface area contributed by atoms with Crippen molar-refractivity contribution in [2.24, 2.45) is 0 Å². The second-order valence-corrected chi connectivity index (χ2v) is 6.10. The molecule has 0 bridgehead atoms. The van der Waals surface area contributed by atoms with Gasteiger partial charge in [-0.3, -0.25) is 9.69 Å². The second kappa shape index (κ2) is 9.60. The molecule has 0 spiro atoms. The summed E-state index contributed by atoms with van der Waals surface area (Å²) in [6.45, 7) is 8.84. The number of nitrogens with zero attached hydrogens (tertiary/aromatic N) is 1. The topological polar surface area (TPSA) is 32.3 Å². The number of benzene rings is 1. The van der Waals surface area contributed by atoms with Gasteiger partial charge in [-0.1, -0.05) is 24.6 Å². The Morgan fingerprint density at radius 1 is 1.22 bits per heavy atom. The third-order valence-electron chi connectivity index (χ3n) is 3.84. The quantitative estimate of drug-likeness (QED) is 0.755. The van der Waals surface area contributed by atoms with Gasteiger partial charge in [0, 0.05) is 6.54 Å². The molecule has 0 atom stereocenters. The Morgan fingerprint density at radius 3 is 2.35 bits per heavy atom. The van der Waals surface area contributed by atoms with Crippen molar-refractivity contribution < 1.29 is 13.6 Å². The van der Waals surface area contributed by atoms with Crippen molar-refractivity contribution in [3.8, 4) is 0 Å². The lowest BCUT2D eigenvalue weighted by molar-refractivity contribution is -0.122. The van der Waals surface area contributed by atoms with Crippen LogP contribution in [0.25, 0.3) is 0 Å². The van der Waals surface area contributed by atoms with Gasteiger partial charge in [-0.2, -0.15) is 0 Å². The van der Waals surface area contributed by atoms with Crippen LogP contribution in [0.3, 0.4) is 0 Å². The van der Waals surface area contributed by atoms with Crippen molar-refractivity contribution in [2.75, 3.05) is 26.2 Å². The van der Waals surface area contributed by atoms with Crippen LogP contribution >= 0.6 is 0 Å². The fraction of sp³-hybridized carbons (Fsp3) is 0.611. The monoisotopic (exact) mass is 326 g/mol. The number of hydrogen-bond donors (Lipinski definition) is 1. The molecule has 0 saturated heterocycles. The van der Waals surface area contributed by atoms with E-state index in [4.69, 9.17) is 0 Å². The van der Waals surface area contributed by atoms with Crippen LogP contribution in [0.15, 0.2) is 12.1 Å². The van der Waals surface area contributed by atoms with E-state index in [1.165, 1.54) is 27.2 Å².